The van der Waals surface area contributed by atoms with Crippen molar-refractivity contribution in [1.29, 1.82) is 0 Å². The molecule has 0 aliphatic heterocycles. The quantitative estimate of drug-likeness (QED) is 0.710. The van der Waals surface area contributed by atoms with E-state index in [0.29, 0.717) is 25.4 Å². The van der Waals surface area contributed by atoms with Crippen LogP contribution in [0.4, 0.5) is 4.39 Å². The Kier molecular flexibility index (Phi) is 5.19. The molecule has 0 bridgehead atoms. The van der Waals surface area contributed by atoms with Gasteiger partial charge in [-0.25, -0.2) is 4.39 Å². The molecule has 0 heterocycles. The van der Waals surface area contributed by atoms with E-state index in [9.17, 15) is 4.39 Å². The van der Waals surface area contributed by atoms with Crippen LogP contribution in [0.25, 0.3) is 0 Å². The van der Waals surface area contributed by atoms with E-state index in [4.69, 9.17) is 9.47 Å². The van der Waals surface area contributed by atoms with Crippen LogP contribution in [0.1, 0.15) is 19.3 Å². The summed E-state index contributed by atoms with van der Waals surface area (Å²) in [5.41, 5.74) is 0. The topological polar surface area (TPSA) is 18.5 Å². The van der Waals surface area contributed by atoms with E-state index in [1.165, 1.54) is 0 Å². The molecule has 0 aromatic rings. The van der Waals surface area contributed by atoms with Gasteiger partial charge < -0.3 is 9.47 Å². The monoisotopic (exact) mass is 264 g/mol. The molecule has 0 spiro atoms. The van der Waals surface area contributed by atoms with Crippen molar-refractivity contribution in [3.8, 4) is 0 Å². The summed E-state index contributed by atoms with van der Waals surface area (Å²) < 4.78 is 24.3. The lowest BCUT2D eigenvalue weighted by molar-refractivity contribution is 0.145. The Morgan fingerprint density at radius 2 is 2.21 bits per heavy atom. The minimum atomic E-state index is -0.161. The van der Waals surface area contributed by atoms with E-state index in [-0.39, 0.29) is 5.83 Å². The largest absolute Gasteiger partial charge is 0.491 e. The molecular weight excluding hydrogens is 251 g/mol. The fourth-order valence-electron chi connectivity index (χ4n) is 1.15. The van der Waals surface area contributed by atoms with Gasteiger partial charge in [0, 0.05) is 26.6 Å². The van der Waals surface area contributed by atoms with Gasteiger partial charge in [-0.2, -0.15) is 0 Å². The zero-order valence-corrected chi connectivity index (χ0v) is 9.77. The van der Waals surface area contributed by atoms with Gasteiger partial charge in [0.1, 0.15) is 5.83 Å². The average Bonchev–Trinajstić information content (AvgIpc) is 2.18. The number of hydrogen-bond donors (Lipinski definition) is 0. The zero-order valence-electron chi connectivity index (χ0n) is 8.19. The molecule has 0 N–H and O–H groups in total. The summed E-state index contributed by atoms with van der Waals surface area (Å²) in [5, 5.41) is 0. The average molecular weight is 265 g/mol. The van der Waals surface area contributed by atoms with Crippen molar-refractivity contribution in [1.82, 2.24) is 0 Å². The molecule has 0 radical (unpaired) electrons. The third-order valence-electron chi connectivity index (χ3n) is 1.89. The first-order valence-electron chi connectivity index (χ1n) is 4.60. The molecule has 0 saturated heterocycles. The van der Waals surface area contributed by atoms with Crippen molar-refractivity contribution in [2.24, 2.45) is 0 Å². The maximum absolute atomic E-state index is 13.2. The van der Waals surface area contributed by atoms with Crippen LogP contribution < -0.4 is 0 Å². The van der Waals surface area contributed by atoms with Gasteiger partial charge in [-0.15, -0.1) is 0 Å². The molecule has 14 heavy (non-hydrogen) atoms. The Balaban J connectivity index is 2.35. The van der Waals surface area contributed by atoms with Gasteiger partial charge in [0.25, 0.3) is 0 Å². The summed E-state index contributed by atoms with van der Waals surface area (Å²) in [4.78, 5) is 0. The van der Waals surface area contributed by atoms with Gasteiger partial charge in [0.05, 0.1) is 6.61 Å². The maximum Gasteiger partial charge on any atom is 0.151 e. The van der Waals surface area contributed by atoms with Gasteiger partial charge in [0.15, 0.2) is 5.76 Å². The fraction of sp³-hybridized carbons (Fsp3) is 0.600. The molecule has 0 fully saturated rings. The summed E-state index contributed by atoms with van der Waals surface area (Å²) >= 11 is 3.33. The SMILES string of the molecule is COCCCOC1=C(F)CCC(Br)=C1. The molecule has 0 atom stereocenters. The Hall–Kier alpha value is -0.350. The Morgan fingerprint density at radius 1 is 1.43 bits per heavy atom. The second-order valence-electron chi connectivity index (χ2n) is 3.06. The number of halogens is 2. The molecule has 0 amide bonds. The molecule has 80 valence electrons. The molecule has 1 rings (SSSR count). The highest BCUT2D eigenvalue weighted by Crippen LogP contribution is 2.28. The lowest BCUT2D eigenvalue weighted by Gasteiger charge is -2.13. The third kappa shape index (κ3) is 3.80. The number of hydrogen-bond acceptors (Lipinski definition) is 2. The van der Waals surface area contributed by atoms with Crippen molar-refractivity contribution in [3.63, 3.8) is 0 Å². The molecule has 1 aliphatic rings. The van der Waals surface area contributed by atoms with Crippen LogP contribution in [0.5, 0.6) is 0 Å². The number of rotatable bonds is 5. The van der Waals surface area contributed by atoms with Crippen molar-refractivity contribution in [3.05, 3.63) is 22.1 Å². The maximum atomic E-state index is 13.2. The van der Waals surface area contributed by atoms with E-state index >= 15 is 0 Å². The van der Waals surface area contributed by atoms with Crippen molar-refractivity contribution in [2.75, 3.05) is 20.3 Å². The Labute approximate surface area is 91.9 Å². The molecule has 0 aromatic heterocycles. The highest BCUT2D eigenvalue weighted by molar-refractivity contribution is 9.11. The summed E-state index contributed by atoms with van der Waals surface area (Å²) in [5.74, 6) is 0.199. The van der Waals surface area contributed by atoms with Gasteiger partial charge in [-0.05, 0) is 17.0 Å². The number of ether oxygens (including phenoxy) is 2. The second kappa shape index (κ2) is 6.19. The summed E-state index contributed by atoms with van der Waals surface area (Å²) in [6.45, 7) is 1.13. The van der Waals surface area contributed by atoms with E-state index in [0.717, 1.165) is 17.3 Å². The Bertz CT molecular complexity index is 249. The lowest BCUT2D eigenvalue weighted by Crippen LogP contribution is -2.02. The molecule has 4 heteroatoms. The molecular formula is C10H14BrFO2. The van der Waals surface area contributed by atoms with Crippen molar-refractivity contribution < 1.29 is 13.9 Å². The Morgan fingerprint density at radius 3 is 2.93 bits per heavy atom. The zero-order chi connectivity index (χ0) is 10.4. The van der Waals surface area contributed by atoms with Crippen LogP contribution in [-0.2, 0) is 9.47 Å². The van der Waals surface area contributed by atoms with Crippen LogP contribution in [-0.4, -0.2) is 20.3 Å². The minimum Gasteiger partial charge on any atom is -0.491 e. The first-order chi connectivity index (χ1) is 6.74. The predicted molar refractivity (Wildman–Crippen MR) is 56.8 cm³/mol. The van der Waals surface area contributed by atoms with Gasteiger partial charge in [-0.3, -0.25) is 0 Å². The molecule has 0 aromatic carbocycles. The van der Waals surface area contributed by atoms with Gasteiger partial charge >= 0.3 is 0 Å². The van der Waals surface area contributed by atoms with Crippen LogP contribution in [0.2, 0.25) is 0 Å². The number of methoxy groups -OCH3 is 1. The molecule has 1 aliphatic carbocycles. The van der Waals surface area contributed by atoms with Gasteiger partial charge in [-0.1, -0.05) is 15.9 Å². The molecule has 0 unspecified atom stereocenters. The van der Waals surface area contributed by atoms with Crippen LogP contribution in [0.3, 0.4) is 0 Å². The first-order valence-corrected chi connectivity index (χ1v) is 5.40. The normalized spacial score (nSPS) is 16.9. The van der Waals surface area contributed by atoms with Crippen LogP contribution in [0.15, 0.2) is 22.1 Å². The minimum absolute atomic E-state index is 0.161. The third-order valence-corrected chi connectivity index (χ3v) is 2.51. The second-order valence-corrected chi connectivity index (χ2v) is 4.07. The van der Waals surface area contributed by atoms with Gasteiger partial charge in [0.2, 0.25) is 0 Å². The fourth-order valence-corrected chi connectivity index (χ4v) is 1.56. The van der Waals surface area contributed by atoms with E-state index in [1.807, 2.05) is 0 Å². The van der Waals surface area contributed by atoms with Crippen molar-refractivity contribution >= 4 is 15.9 Å². The summed E-state index contributed by atoms with van der Waals surface area (Å²) in [6, 6.07) is 0. The number of allylic oxidation sites excluding steroid dienone is 3. The van der Waals surface area contributed by atoms with E-state index in [1.54, 1.807) is 13.2 Å². The van der Waals surface area contributed by atoms with E-state index in [2.05, 4.69) is 15.9 Å². The highest BCUT2D eigenvalue weighted by Gasteiger charge is 2.12. The molecule has 2 nitrogen and oxygen atoms in total. The first kappa shape index (κ1) is 11.7. The summed E-state index contributed by atoms with van der Waals surface area (Å²) in [7, 11) is 1.64. The highest BCUT2D eigenvalue weighted by atomic mass is 79.9. The van der Waals surface area contributed by atoms with Crippen LogP contribution in [0, 0.1) is 0 Å². The molecule has 0 saturated carbocycles. The predicted octanol–water partition coefficient (Wildman–Crippen LogP) is 3.29. The summed E-state index contributed by atoms with van der Waals surface area (Å²) in [6.07, 6.45) is 3.62. The van der Waals surface area contributed by atoms with Crippen LogP contribution >= 0.6 is 15.9 Å². The van der Waals surface area contributed by atoms with Crippen molar-refractivity contribution in [2.45, 2.75) is 19.3 Å². The standard InChI is InChI=1S/C10H14BrFO2/c1-13-5-2-6-14-10-7-8(11)3-4-9(10)12/h7H,2-6H2,1H3. The lowest BCUT2D eigenvalue weighted by atomic mass is 10.1. The smallest absolute Gasteiger partial charge is 0.151 e. The van der Waals surface area contributed by atoms with E-state index < -0.39 is 0 Å².